The molecule has 0 aliphatic heterocycles. The van der Waals surface area contributed by atoms with Gasteiger partial charge in [0.25, 0.3) is 5.78 Å². The molecule has 1 unspecified atom stereocenters. The van der Waals surface area contributed by atoms with E-state index in [1.807, 2.05) is 6.92 Å². The maximum atomic E-state index is 6.53. The van der Waals surface area contributed by atoms with Gasteiger partial charge >= 0.3 is 0 Å². The van der Waals surface area contributed by atoms with Crippen molar-refractivity contribution in [1.82, 2.24) is 19.6 Å². The molecule has 0 spiro atoms. The molecule has 2 aromatic heterocycles. The van der Waals surface area contributed by atoms with Crippen LogP contribution in [0.3, 0.4) is 0 Å². The second kappa shape index (κ2) is 6.77. The van der Waals surface area contributed by atoms with Gasteiger partial charge in [0.1, 0.15) is 11.3 Å². The minimum atomic E-state index is 0.0863. The van der Waals surface area contributed by atoms with Crippen molar-refractivity contribution in [2.24, 2.45) is 0 Å². The second-order valence-corrected chi connectivity index (χ2v) is 6.61. The summed E-state index contributed by atoms with van der Waals surface area (Å²) in [7, 11) is 0. The van der Waals surface area contributed by atoms with E-state index in [2.05, 4.69) is 65.4 Å². The molecule has 1 N–H and O–H groups in total. The number of nitrogens with zero attached hydrogens (tertiary/aromatic N) is 4. The Kier molecular flexibility index (Phi) is 4.71. The maximum Gasteiger partial charge on any atom is 0.254 e. The predicted molar refractivity (Wildman–Crippen MR) is 97.7 cm³/mol. The summed E-state index contributed by atoms with van der Waals surface area (Å²) < 4.78 is 1.65. The monoisotopic (exact) mass is 343 g/mol. The smallest absolute Gasteiger partial charge is 0.254 e. The van der Waals surface area contributed by atoms with E-state index in [1.165, 1.54) is 17.5 Å². The van der Waals surface area contributed by atoms with E-state index < -0.39 is 0 Å². The predicted octanol–water partition coefficient (Wildman–Crippen LogP) is 4.64. The van der Waals surface area contributed by atoms with Gasteiger partial charge in [0.05, 0.1) is 5.69 Å². The lowest BCUT2D eigenvalue weighted by molar-refractivity contribution is 0.826. The van der Waals surface area contributed by atoms with E-state index in [-0.39, 0.29) is 6.04 Å². The van der Waals surface area contributed by atoms with Gasteiger partial charge in [0.2, 0.25) is 0 Å². The fourth-order valence-electron chi connectivity index (χ4n) is 2.69. The lowest BCUT2D eigenvalue weighted by atomic mass is 9.99. The standard InChI is InChI=1S/C18H22ClN5/c1-5-15-16(19)17(24-18(23-15)20-10-21-24)22-12(4)14-8-6-13(7-9-14)11(2)3/h6-12,22H,5H2,1-4H3. The zero-order chi connectivity index (χ0) is 17.3. The van der Waals surface area contributed by atoms with Gasteiger partial charge in [0.15, 0.2) is 5.82 Å². The Labute approximate surface area is 147 Å². The van der Waals surface area contributed by atoms with Crippen LogP contribution in [0.25, 0.3) is 5.78 Å². The van der Waals surface area contributed by atoms with Crippen molar-refractivity contribution in [3.8, 4) is 0 Å². The van der Waals surface area contributed by atoms with Gasteiger partial charge in [-0.05, 0) is 30.4 Å². The molecule has 0 aliphatic rings. The van der Waals surface area contributed by atoms with Crippen molar-refractivity contribution in [1.29, 1.82) is 0 Å². The van der Waals surface area contributed by atoms with E-state index in [0.717, 1.165) is 17.9 Å². The lowest BCUT2D eigenvalue weighted by Gasteiger charge is -2.19. The molecule has 0 amide bonds. The Balaban J connectivity index is 1.94. The van der Waals surface area contributed by atoms with Gasteiger partial charge in [-0.1, -0.05) is 56.6 Å². The number of anilines is 1. The van der Waals surface area contributed by atoms with Crippen molar-refractivity contribution >= 4 is 23.2 Å². The van der Waals surface area contributed by atoms with Crippen molar-refractivity contribution in [2.45, 2.75) is 46.1 Å². The number of benzene rings is 1. The Hall–Kier alpha value is -2.14. The quantitative estimate of drug-likeness (QED) is 0.733. The van der Waals surface area contributed by atoms with Crippen LogP contribution >= 0.6 is 11.6 Å². The van der Waals surface area contributed by atoms with Crippen molar-refractivity contribution in [3.63, 3.8) is 0 Å². The van der Waals surface area contributed by atoms with Crippen LogP contribution in [0.5, 0.6) is 0 Å². The summed E-state index contributed by atoms with van der Waals surface area (Å²) in [6, 6.07) is 8.75. The van der Waals surface area contributed by atoms with Crippen LogP contribution in [-0.2, 0) is 6.42 Å². The highest BCUT2D eigenvalue weighted by molar-refractivity contribution is 6.33. The van der Waals surface area contributed by atoms with Crippen LogP contribution in [0.4, 0.5) is 5.82 Å². The van der Waals surface area contributed by atoms with Gasteiger partial charge in [0, 0.05) is 6.04 Å². The Bertz CT molecular complexity index is 838. The topological polar surface area (TPSA) is 55.1 Å². The number of nitrogens with one attached hydrogen (secondary N) is 1. The number of aryl methyl sites for hydroxylation is 1. The third-order valence-corrected chi connectivity index (χ3v) is 4.63. The van der Waals surface area contributed by atoms with Crippen molar-refractivity contribution in [3.05, 3.63) is 52.4 Å². The first-order valence-electron chi connectivity index (χ1n) is 8.25. The zero-order valence-corrected chi connectivity index (χ0v) is 15.2. The molecule has 0 saturated carbocycles. The molecule has 6 heteroatoms. The summed E-state index contributed by atoms with van der Waals surface area (Å²) in [5.41, 5.74) is 3.35. The molecule has 0 aliphatic carbocycles. The lowest BCUT2D eigenvalue weighted by Crippen LogP contribution is -2.13. The molecule has 3 aromatic rings. The molecule has 0 fully saturated rings. The van der Waals surface area contributed by atoms with E-state index in [1.54, 1.807) is 4.52 Å². The Morgan fingerprint density at radius 1 is 1.12 bits per heavy atom. The highest BCUT2D eigenvalue weighted by Crippen LogP contribution is 2.29. The highest BCUT2D eigenvalue weighted by Gasteiger charge is 2.16. The third-order valence-electron chi connectivity index (χ3n) is 4.23. The van der Waals surface area contributed by atoms with Crippen LogP contribution < -0.4 is 5.32 Å². The van der Waals surface area contributed by atoms with E-state index >= 15 is 0 Å². The first-order valence-corrected chi connectivity index (χ1v) is 8.63. The summed E-state index contributed by atoms with van der Waals surface area (Å²) in [5.74, 6) is 1.82. The van der Waals surface area contributed by atoms with Crippen LogP contribution in [0.15, 0.2) is 30.6 Å². The number of fused-ring (bicyclic) bond motifs is 1. The molecule has 0 radical (unpaired) electrons. The Morgan fingerprint density at radius 3 is 2.42 bits per heavy atom. The van der Waals surface area contributed by atoms with Crippen molar-refractivity contribution in [2.75, 3.05) is 5.32 Å². The molecule has 2 heterocycles. The number of hydrogen-bond acceptors (Lipinski definition) is 4. The van der Waals surface area contributed by atoms with Gasteiger partial charge in [-0.2, -0.15) is 14.6 Å². The highest BCUT2D eigenvalue weighted by atomic mass is 35.5. The minimum absolute atomic E-state index is 0.0863. The van der Waals surface area contributed by atoms with Crippen LogP contribution in [-0.4, -0.2) is 19.6 Å². The number of aromatic nitrogens is 4. The van der Waals surface area contributed by atoms with E-state index in [0.29, 0.717) is 16.7 Å². The normalized spacial score (nSPS) is 12.8. The molecule has 1 atom stereocenters. The molecule has 24 heavy (non-hydrogen) atoms. The van der Waals surface area contributed by atoms with E-state index in [9.17, 15) is 0 Å². The number of rotatable bonds is 5. The largest absolute Gasteiger partial charge is 0.362 e. The summed E-state index contributed by atoms with van der Waals surface area (Å²) in [6.07, 6.45) is 2.24. The summed E-state index contributed by atoms with van der Waals surface area (Å²) >= 11 is 6.53. The van der Waals surface area contributed by atoms with Crippen LogP contribution in [0.1, 0.15) is 56.5 Å². The minimum Gasteiger partial charge on any atom is -0.362 e. The van der Waals surface area contributed by atoms with Gasteiger partial charge in [-0.3, -0.25) is 0 Å². The summed E-state index contributed by atoms with van der Waals surface area (Å²) in [6.45, 7) is 8.52. The van der Waals surface area contributed by atoms with Gasteiger partial charge in [-0.15, -0.1) is 0 Å². The van der Waals surface area contributed by atoms with E-state index in [4.69, 9.17) is 11.6 Å². The summed E-state index contributed by atoms with van der Waals surface area (Å²) in [4.78, 5) is 8.62. The maximum absolute atomic E-state index is 6.53. The average molecular weight is 344 g/mol. The molecule has 126 valence electrons. The molecular weight excluding hydrogens is 322 g/mol. The molecule has 0 bridgehead atoms. The van der Waals surface area contributed by atoms with Crippen LogP contribution in [0.2, 0.25) is 5.02 Å². The molecular formula is C18H22ClN5. The SMILES string of the molecule is CCc1nc2ncnn2c(NC(C)c2ccc(C(C)C)cc2)c1Cl. The first-order chi connectivity index (χ1) is 11.5. The third kappa shape index (κ3) is 3.08. The Morgan fingerprint density at radius 2 is 1.79 bits per heavy atom. The average Bonchev–Trinajstić information content (AvgIpc) is 3.05. The van der Waals surface area contributed by atoms with Crippen molar-refractivity contribution < 1.29 is 0 Å². The number of hydrogen-bond donors (Lipinski definition) is 1. The zero-order valence-electron chi connectivity index (χ0n) is 14.4. The fraction of sp³-hybridized carbons (Fsp3) is 0.389. The van der Waals surface area contributed by atoms with Crippen LogP contribution in [0, 0.1) is 0 Å². The molecule has 3 rings (SSSR count). The van der Waals surface area contributed by atoms with Gasteiger partial charge in [-0.25, -0.2) is 4.98 Å². The fourth-order valence-corrected chi connectivity index (χ4v) is 3.00. The number of halogens is 1. The molecule has 5 nitrogen and oxygen atoms in total. The molecule has 1 aromatic carbocycles. The van der Waals surface area contributed by atoms with Gasteiger partial charge < -0.3 is 5.32 Å². The molecule has 0 saturated heterocycles. The summed E-state index contributed by atoms with van der Waals surface area (Å²) in [5, 5.41) is 8.30. The first kappa shape index (κ1) is 16.7. The second-order valence-electron chi connectivity index (χ2n) is 6.23.